The molecule has 0 radical (unpaired) electrons. The zero-order valence-electron chi connectivity index (χ0n) is 8.28. The van der Waals surface area contributed by atoms with E-state index in [1.54, 1.807) is 0 Å². The molecule has 0 bridgehead atoms. The first-order valence-corrected chi connectivity index (χ1v) is 5.43. The van der Waals surface area contributed by atoms with Gasteiger partial charge in [0.1, 0.15) is 11.6 Å². The number of alkyl halides is 1. The molecule has 2 heterocycles. The summed E-state index contributed by atoms with van der Waals surface area (Å²) in [5, 5.41) is 0. The van der Waals surface area contributed by atoms with Gasteiger partial charge in [0.25, 0.3) is 0 Å². The summed E-state index contributed by atoms with van der Waals surface area (Å²) in [4.78, 5) is 10.8. The average molecular weight is 212 g/mol. The second kappa shape index (κ2) is 4.13. The number of aromatic nitrogens is 2. The summed E-state index contributed by atoms with van der Waals surface area (Å²) in [6.07, 6.45) is 2.98. The SMILES string of the molecule is Cc1nccc(N2CCC(CCl)C2)n1. The molecule has 0 spiro atoms. The highest BCUT2D eigenvalue weighted by atomic mass is 35.5. The number of nitrogens with zero attached hydrogens (tertiary/aromatic N) is 3. The van der Waals surface area contributed by atoms with Crippen LogP contribution >= 0.6 is 11.6 Å². The van der Waals surface area contributed by atoms with Crippen molar-refractivity contribution in [2.24, 2.45) is 5.92 Å². The molecule has 0 N–H and O–H groups in total. The average Bonchev–Trinajstić information content (AvgIpc) is 2.66. The topological polar surface area (TPSA) is 29.0 Å². The van der Waals surface area contributed by atoms with Crippen molar-refractivity contribution in [1.29, 1.82) is 0 Å². The summed E-state index contributed by atoms with van der Waals surface area (Å²) < 4.78 is 0. The van der Waals surface area contributed by atoms with Crippen LogP contribution in [0.3, 0.4) is 0 Å². The van der Waals surface area contributed by atoms with Crippen LogP contribution in [0.15, 0.2) is 12.3 Å². The molecule has 0 amide bonds. The zero-order chi connectivity index (χ0) is 9.97. The van der Waals surface area contributed by atoms with Crippen molar-refractivity contribution < 1.29 is 0 Å². The van der Waals surface area contributed by atoms with Gasteiger partial charge < -0.3 is 4.90 Å². The molecule has 3 nitrogen and oxygen atoms in total. The minimum absolute atomic E-state index is 0.618. The first kappa shape index (κ1) is 9.71. The minimum Gasteiger partial charge on any atom is -0.356 e. The summed E-state index contributed by atoms with van der Waals surface area (Å²) >= 11 is 5.83. The van der Waals surface area contributed by atoms with Crippen molar-refractivity contribution in [2.45, 2.75) is 13.3 Å². The smallest absolute Gasteiger partial charge is 0.132 e. The Hall–Kier alpha value is -0.830. The van der Waals surface area contributed by atoms with Gasteiger partial charge in [0.05, 0.1) is 0 Å². The second-order valence-corrected chi connectivity index (χ2v) is 4.03. The largest absolute Gasteiger partial charge is 0.356 e. The van der Waals surface area contributed by atoms with Crippen LogP contribution in [0.5, 0.6) is 0 Å². The summed E-state index contributed by atoms with van der Waals surface area (Å²) in [7, 11) is 0. The van der Waals surface area contributed by atoms with Gasteiger partial charge >= 0.3 is 0 Å². The summed E-state index contributed by atoms with van der Waals surface area (Å²) in [5.41, 5.74) is 0. The number of anilines is 1. The first-order valence-electron chi connectivity index (χ1n) is 4.90. The molecule has 2 rings (SSSR count). The molecule has 1 saturated heterocycles. The number of halogens is 1. The fourth-order valence-electron chi connectivity index (χ4n) is 1.79. The van der Waals surface area contributed by atoms with E-state index in [0.717, 1.165) is 30.6 Å². The predicted octanol–water partition coefficient (Wildman–Crippen LogP) is 1.85. The van der Waals surface area contributed by atoms with Gasteiger partial charge in [-0.15, -0.1) is 11.6 Å². The van der Waals surface area contributed by atoms with E-state index in [1.807, 2.05) is 19.2 Å². The van der Waals surface area contributed by atoms with Crippen LogP contribution in [0.4, 0.5) is 5.82 Å². The maximum atomic E-state index is 5.83. The lowest BCUT2D eigenvalue weighted by Crippen LogP contribution is -2.21. The molecular formula is C10H14ClN3. The van der Waals surface area contributed by atoms with Crippen molar-refractivity contribution in [3.63, 3.8) is 0 Å². The highest BCUT2D eigenvalue weighted by molar-refractivity contribution is 6.18. The molecule has 1 aliphatic heterocycles. The molecule has 1 unspecified atom stereocenters. The van der Waals surface area contributed by atoms with Crippen LogP contribution in [-0.4, -0.2) is 28.9 Å². The van der Waals surface area contributed by atoms with E-state index < -0.39 is 0 Å². The predicted molar refractivity (Wildman–Crippen MR) is 57.8 cm³/mol. The van der Waals surface area contributed by atoms with E-state index in [0.29, 0.717) is 5.92 Å². The fourth-order valence-corrected chi connectivity index (χ4v) is 2.04. The van der Waals surface area contributed by atoms with Gasteiger partial charge in [-0.1, -0.05) is 0 Å². The fraction of sp³-hybridized carbons (Fsp3) is 0.600. The van der Waals surface area contributed by atoms with Gasteiger partial charge in [-0.3, -0.25) is 0 Å². The molecule has 4 heteroatoms. The third-order valence-corrected chi connectivity index (χ3v) is 3.03. The van der Waals surface area contributed by atoms with Gasteiger partial charge in [0.15, 0.2) is 0 Å². The number of aryl methyl sites for hydroxylation is 1. The third-order valence-electron chi connectivity index (χ3n) is 2.59. The zero-order valence-corrected chi connectivity index (χ0v) is 9.04. The van der Waals surface area contributed by atoms with Gasteiger partial charge in [-0.05, 0) is 25.3 Å². The van der Waals surface area contributed by atoms with Crippen LogP contribution in [0.1, 0.15) is 12.2 Å². The minimum atomic E-state index is 0.618. The highest BCUT2D eigenvalue weighted by Gasteiger charge is 2.22. The van der Waals surface area contributed by atoms with Gasteiger partial charge in [0.2, 0.25) is 0 Å². The Morgan fingerprint density at radius 2 is 2.50 bits per heavy atom. The lowest BCUT2D eigenvalue weighted by molar-refractivity contribution is 0.666. The van der Waals surface area contributed by atoms with E-state index in [4.69, 9.17) is 11.6 Å². The van der Waals surface area contributed by atoms with E-state index in [-0.39, 0.29) is 0 Å². The summed E-state index contributed by atoms with van der Waals surface area (Å²) in [6, 6.07) is 1.96. The van der Waals surface area contributed by atoms with Crippen LogP contribution in [0.25, 0.3) is 0 Å². The summed E-state index contributed by atoms with van der Waals surface area (Å²) in [6.45, 7) is 4.01. The Labute approximate surface area is 89.1 Å². The highest BCUT2D eigenvalue weighted by Crippen LogP contribution is 2.22. The molecule has 0 aliphatic carbocycles. The van der Waals surface area contributed by atoms with Crippen LogP contribution in [0, 0.1) is 12.8 Å². The first-order chi connectivity index (χ1) is 6.79. The Morgan fingerprint density at radius 1 is 1.64 bits per heavy atom. The van der Waals surface area contributed by atoms with E-state index in [1.165, 1.54) is 6.42 Å². The molecular weight excluding hydrogens is 198 g/mol. The molecule has 0 aromatic carbocycles. The van der Waals surface area contributed by atoms with Crippen LogP contribution in [0.2, 0.25) is 0 Å². The van der Waals surface area contributed by atoms with Gasteiger partial charge in [-0.25, -0.2) is 9.97 Å². The molecule has 1 aromatic rings. The molecule has 14 heavy (non-hydrogen) atoms. The van der Waals surface area contributed by atoms with E-state index in [2.05, 4.69) is 14.9 Å². The second-order valence-electron chi connectivity index (χ2n) is 3.72. The lowest BCUT2D eigenvalue weighted by atomic mass is 10.2. The molecule has 1 aromatic heterocycles. The molecule has 1 atom stereocenters. The van der Waals surface area contributed by atoms with Crippen molar-refractivity contribution in [2.75, 3.05) is 23.9 Å². The maximum absolute atomic E-state index is 5.83. The molecule has 1 aliphatic rings. The monoisotopic (exact) mass is 211 g/mol. The van der Waals surface area contributed by atoms with Gasteiger partial charge in [0, 0.05) is 25.2 Å². The van der Waals surface area contributed by atoms with Crippen LogP contribution in [-0.2, 0) is 0 Å². The third kappa shape index (κ3) is 1.98. The van der Waals surface area contributed by atoms with Crippen LogP contribution < -0.4 is 4.90 Å². The van der Waals surface area contributed by atoms with E-state index >= 15 is 0 Å². The maximum Gasteiger partial charge on any atom is 0.132 e. The van der Waals surface area contributed by atoms with Gasteiger partial charge in [-0.2, -0.15) is 0 Å². The summed E-state index contributed by atoms with van der Waals surface area (Å²) in [5.74, 6) is 3.23. The molecule has 1 fully saturated rings. The van der Waals surface area contributed by atoms with Crippen molar-refractivity contribution in [1.82, 2.24) is 9.97 Å². The number of hydrogen-bond acceptors (Lipinski definition) is 3. The number of hydrogen-bond donors (Lipinski definition) is 0. The Morgan fingerprint density at radius 3 is 3.14 bits per heavy atom. The Kier molecular flexibility index (Phi) is 2.87. The lowest BCUT2D eigenvalue weighted by Gasteiger charge is -2.16. The quantitative estimate of drug-likeness (QED) is 0.700. The standard InChI is InChI=1S/C10H14ClN3/c1-8-12-4-2-10(13-8)14-5-3-9(6-11)7-14/h2,4,9H,3,5-7H2,1H3. The normalized spacial score (nSPS) is 21.6. The van der Waals surface area contributed by atoms with Crippen molar-refractivity contribution in [3.05, 3.63) is 18.1 Å². The molecule has 0 saturated carbocycles. The van der Waals surface area contributed by atoms with E-state index in [9.17, 15) is 0 Å². The van der Waals surface area contributed by atoms with Crippen molar-refractivity contribution >= 4 is 17.4 Å². The number of rotatable bonds is 2. The Balaban J connectivity index is 2.09. The van der Waals surface area contributed by atoms with Crippen molar-refractivity contribution in [3.8, 4) is 0 Å². The Bertz CT molecular complexity index is 316. The molecule has 76 valence electrons.